The Morgan fingerprint density at radius 3 is 2.62 bits per heavy atom. The number of rotatable bonds is 4. The first kappa shape index (κ1) is 13.2. The van der Waals surface area contributed by atoms with Gasteiger partial charge in [-0.3, -0.25) is 4.90 Å². The summed E-state index contributed by atoms with van der Waals surface area (Å²) >= 11 is 3.38. The van der Waals surface area contributed by atoms with Crippen LogP contribution in [0.5, 0.6) is 0 Å². The predicted molar refractivity (Wildman–Crippen MR) is 85.8 cm³/mol. The maximum Gasteiger partial charge on any atom is 0.130 e. The number of nitrogens with one attached hydrogen (secondary N) is 1. The Morgan fingerprint density at radius 1 is 1.14 bits per heavy atom. The second-order valence-electron chi connectivity index (χ2n) is 5.90. The SMILES string of the molecule is Brc1cc(NC2C3CN(Cc4ccccc4)CC32)ncn1. The Kier molecular flexibility index (Phi) is 3.39. The minimum absolute atomic E-state index is 0.582. The van der Waals surface area contributed by atoms with E-state index in [9.17, 15) is 0 Å². The highest BCUT2D eigenvalue weighted by Gasteiger charge is 2.55. The Hall–Kier alpha value is -1.46. The molecule has 2 aliphatic rings. The fourth-order valence-electron chi connectivity index (χ4n) is 3.38. The molecule has 0 amide bonds. The largest absolute Gasteiger partial charge is 0.367 e. The topological polar surface area (TPSA) is 41.0 Å². The normalized spacial score (nSPS) is 27.4. The summed E-state index contributed by atoms with van der Waals surface area (Å²) in [7, 11) is 0. The van der Waals surface area contributed by atoms with Crippen molar-refractivity contribution in [1.29, 1.82) is 0 Å². The van der Waals surface area contributed by atoms with E-state index >= 15 is 0 Å². The van der Waals surface area contributed by atoms with Gasteiger partial charge >= 0.3 is 0 Å². The van der Waals surface area contributed by atoms with Gasteiger partial charge in [-0.15, -0.1) is 0 Å². The van der Waals surface area contributed by atoms with E-state index in [0.29, 0.717) is 6.04 Å². The number of benzene rings is 1. The number of likely N-dealkylation sites (tertiary alicyclic amines) is 1. The second kappa shape index (κ2) is 5.39. The van der Waals surface area contributed by atoms with Crippen LogP contribution in [-0.2, 0) is 6.54 Å². The summed E-state index contributed by atoms with van der Waals surface area (Å²) in [6.45, 7) is 3.44. The summed E-state index contributed by atoms with van der Waals surface area (Å²) < 4.78 is 0.830. The molecule has 5 heteroatoms. The van der Waals surface area contributed by atoms with Gasteiger partial charge in [-0.1, -0.05) is 30.3 Å². The number of halogens is 1. The van der Waals surface area contributed by atoms with Crippen LogP contribution in [0.2, 0.25) is 0 Å². The van der Waals surface area contributed by atoms with Crippen molar-refractivity contribution < 1.29 is 0 Å². The highest BCUT2D eigenvalue weighted by molar-refractivity contribution is 9.10. The summed E-state index contributed by atoms with van der Waals surface area (Å²) in [5, 5.41) is 3.54. The molecule has 1 aromatic heterocycles. The third kappa shape index (κ3) is 2.80. The maximum absolute atomic E-state index is 4.27. The Bertz CT molecular complexity index is 621. The Balaban J connectivity index is 1.31. The van der Waals surface area contributed by atoms with E-state index in [1.165, 1.54) is 18.7 Å². The first-order valence-electron chi connectivity index (χ1n) is 7.30. The summed E-state index contributed by atoms with van der Waals surface area (Å²) in [6.07, 6.45) is 1.59. The molecule has 1 saturated carbocycles. The van der Waals surface area contributed by atoms with Gasteiger partial charge < -0.3 is 5.32 Å². The minimum atomic E-state index is 0.582. The number of piperidine rings is 1. The van der Waals surface area contributed by atoms with Gasteiger partial charge in [-0.2, -0.15) is 0 Å². The predicted octanol–water partition coefficient (Wildman–Crippen LogP) is 2.78. The van der Waals surface area contributed by atoms with Crippen molar-refractivity contribution in [1.82, 2.24) is 14.9 Å². The average molecular weight is 345 g/mol. The summed E-state index contributed by atoms with van der Waals surface area (Å²) in [5.74, 6) is 2.45. The molecule has 0 bridgehead atoms. The van der Waals surface area contributed by atoms with Crippen LogP contribution in [-0.4, -0.2) is 34.0 Å². The summed E-state index contributed by atoms with van der Waals surface area (Å²) in [4.78, 5) is 10.9. The Morgan fingerprint density at radius 2 is 1.90 bits per heavy atom. The van der Waals surface area contributed by atoms with Crippen molar-refractivity contribution >= 4 is 21.7 Å². The quantitative estimate of drug-likeness (QED) is 0.866. The van der Waals surface area contributed by atoms with Gasteiger partial charge in [0.25, 0.3) is 0 Å². The zero-order valence-electron chi connectivity index (χ0n) is 11.6. The van der Waals surface area contributed by atoms with E-state index in [-0.39, 0.29) is 0 Å². The molecular weight excluding hydrogens is 328 g/mol. The molecule has 2 aromatic rings. The number of aromatic nitrogens is 2. The van der Waals surface area contributed by atoms with Crippen molar-refractivity contribution in [3.05, 3.63) is 52.9 Å². The molecule has 2 unspecified atom stereocenters. The fourth-order valence-corrected chi connectivity index (χ4v) is 3.69. The zero-order chi connectivity index (χ0) is 14.2. The summed E-state index contributed by atoms with van der Waals surface area (Å²) in [5.41, 5.74) is 1.41. The van der Waals surface area contributed by atoms with Crippen molar-refractivity contribution in [2.75, 3.05) is 18.4 Å². The molecule has 108 valence electrons. The van der Waals surface area contributed by atoms with Crippen LogP contribution in [0, 0.1) is 11.8 Å². The van der Waals surface area contributed by atoms with Crippen LogP contribution >= 0.6 is 15.9 Å². The molecule has 0 spiro atoms. The van der Waals surface area contributed by atoms with E-state index in [0.717, 1.165) is 28.8 Å². The van der Waals surface area contributed by atoms with Gasteiger partial charge in [0.15, 0.2) is 0 Å². The molecule has 4 rings (SSSR count). The fraction of sp³-hybridized carbons (Fsp3) is 0.375. The molecule has 0 radical (unpaired) electrons. The molecule has 1 aliphatic carbocycles. The first-order valence-corrected chi connectivity index (χ1v) is 8.09. The van der Waals surface area contributed by atoms with Gasteiger partial charge in [-0.05, 0) is 33.3 Å². The summed E-state index contributed by atoms with van der Waals surface area (Å²) in [6, 6.07) is 13.2. The van der Waals surface area contributed by atoms with Crippen LogP contribution in [0.15, 0.2) is 47.3 Å². The molecule has 21 heavy (non-hydrogen) atoms. The van der Waals surface area contributed by atoms with E-state index in [4.69, 9.17) is 0 Å². The van der Waals surface area contributed by atoms with Crippen molar-refractivity contribution in [2.45, 2.75) is 12.6 Å². The molecule has 4 nitrogen and oxygen atoms in total. The van der Waals surface area contributed by atoms with Gasteiger partial charge in [0, 0.05) is 31.7 Å². The third-order valence-corrected chi connectivity index (χ3v) is 4.90. The number of fused-ring (bicyclic) bond motifs is 1. The highest BCUT2D eigenvalue weighted by Crippen LogP contribution is 2.47. The van der Waals surface area contributed by atoms with Crippen LogP contribution in [0.1, 0.15) is 5.56 Å². The van der Waals surface area contributed by atoms with Gasteiger partial charge in [-0.25, -0.2) is 9.97 Å². The van der Waals surface area contributed by atoms with Gasteiger partial charge in [0.05, 0.1) is 0 Å². The number of anilines is 1. The number of hydrogen-bond acceptors (Lipinski definition) is 4. The Labute approximate surface area is 132 Å². The maximum atomic E-state index is 4.27. The standard InChI is InChI=1S/C16H17BrN4/c17-14-6-15(19-10-18-14)20-16-12-8-21(9-13(12)16)7-11-4-2-1-3-5-11/h1-6,10,12-13,16H,7-9H2,(H,18,19,20). The number of nitrogens with zero attached hydrogens (tertiary/aromatic N) is 3. The molecule has 1 N–H and O–H groups in total. The lowest BCUT2D eigenvalue weighted by Crippen LogP contribution is -2.27. The van der Waals surface area contributed by atoms with Crippen molar-refractivity contribution in [3.8, 4) is 0 Å². The van der Waals surface area contributed by atoms with E-state index in [2.05, 4.69) is 66.4 Å². The molecule has 1 saturated heterocycles. The van der Waals surface area contributed by atoms with Gasteiger partial charge in [0.2, 0.25) is 0 Å². The lowest BCUT2D eigenvalue weighted by molar-refractivity contribution is 0.292. The van der Waals surface area contributed by atoms with Crippen molar-refractivity contribution in [3.63, 3.8) is 0 Å². The van der Waals surface area contributed by atoms with Crippen LogP contribution < -0.4 is 5.32 Å². The van der Waals surface area contributed by atoms with E-state index in [1.54, 1.807) is 6.33 Å². The first-order chi connectivity index (χ1) is 10.3. The molecule has 2 fully saturated rings. The monoisotopic (exact) mass is 344 g/mol. The van der Waals surface area contributed by atoms with Crippen LogP contribution in [0.3, 0.4) is 0 Å². The van der Waals surface area contributed by atoms with Gasteiger partial charge in [0.1, 0.15) is 16.7 Å². The van der Waals surface area contributed by atoms with Crippen molar-refractivity contribution in [2.24, 2.45) is 11.8 Å². The van der Waals surface area contributed by atoms with E-state index in [1.807, 2.05) is 6.07 Å². The molecule has 2 atom stereocenters. The van der Waals surface area contributed by atoms with E-state index < -0.39 is 0 Å². The lowest BCUT2D eigenvalue weighted by Gasteiger charge is -2.20. The molecular formula is C16H17BrN4. The number of hydrogen-bond donors (Lipinski definition) is 1. The third-order valence-electron chi connectivity index (χ3n) is 4.47. The molecule has 1 aromatic carbocycles. The van der Waals surface area contributed by atoms with Crippen LogP contribution in [0.4, 0.5) is 5.82 Å². The highest BCUT2D eigenvalue weighted by atomic mass is 79.9. The smallest absolute Gasteiger partial charge is 0.130 e. The molecule has 2 heterocycles. The second-order valence-corrected chi connectivity index (χ2v) is 6.72. The minimum Gasteiger partial charge on any atom is -0.367 e. The lowest BCUT2D eigenvalue weighted by atomic mass is 10.2. The average Bonchev–Trinajstić information content (AvgIpc) is 2.94. The van der Waals surface area contributed by atoms with Crippen LogP contribution in [0.25, 0.3) is 0 Å². The molecule has 1 aliphatic heterocycles. The zero-order valence-corrected chi connectivity index (χ0v) is 13.2.